The van der Waals surface area contributed by atoms with Gasteiger partial charge in [0.15, 0.2) is 0 Å². The maximum Gasteiger partial charge on any atom is 0.311 e. The van der Waals surface area contributed by atoms with Crippen LogP contribution in [0.3, 0.4) is 0 Å². The number of ether oxygens (including phenoxy) is 1. The lowest BCUT2D eigenvalue weighted by Crippen LogP contribution is -2.29. The van der Waals surface area contributed by atoms with Crippen molar-refractivity contribution in [3.8, 4) is 5.75 Å². The third-order valence-electron chi connectivity index (χ3n) is 4.05. The summed E-state index contributed by atoms with van der Waals surface area (Å²) in [5.41, 5.74) is 1.35. The predicted molar refractivity (Wildman–Crippen MR) is 83.3 cm³/mol. The molecule has 0 aromatic heterocycles. The SMILES string of the molecule is CCN1C(=O)CCC(N(C)C)c2c1ccc([N+](=O)[O-])c2OC. The van der Waals surface area contributed by atoms with Crippen molar-refractivity contribution in [3.63, 3.8) is 0 Å². The van der Waals surface area contributed by atoms with Gasteiger partial charge in [-0.25, -0.2) is 0 Å². The van der Waals surface area contributed by atoms with Crippen molar-refractivity contribution in [1.29, 1.82) is 0 Å². The highest BCUT2D eigenvalue weighted by atomic mass is 16.6. The lowest BCUT2D eigenvalue weighted by molar-refractivity contribution is -0.385. The van der Waals surface area contributed by atoms with Gasteiger partial charge in [-0.05, 0) is 33.5 Å². The van der Waals surface area contributed by atoms with E-state index < -0.39 is 4.92 Å². The van der Waals surface area contributed by atoms with Crippen molar-refractivity contribution < 1.29 is 14.5 Å². The van der Waals surface area contributed by atoms with Gasteiger partial charge in [0.05, 0.1) is 17.7 Å². The predicted octanol–water partition coefficient (Wildman–Crippen LogP) is 2.35. The highest BCUT2D eigenvalue weighted by Gasteiger charge is 2.34. The fraction of sp³-hybridized carbons (Fsp3) is 0.533. The molecule has 0 saturated carbocycles. The molecule has 0 fully saturated rings. The lowest BCUT2D eigenvalue weighted by Gasteiger charge is -2.27. The normalized spacial score (nSPS) is 18.1. The number of hydrogen-bond acceptors (Lipinski definition) is 5. The molecule has 22 heavy (non-hydrogen) atoms. The van der Waals surface area contributed by atoms with Crippen molar-refractivity contribution in [2.45, 2.75) is 25.8 Å². The molecule has 1 unspecified atom stereocenters. The van der Waals surface area contributed by atoms with Crippen LogP contribution in [-0.4, -0.2) is 43.5 Å². The van der Waals surface area contributed by atoms with Crippen molar-refractivity contribution in [2.75, 3.05) is 32.6 Å². The van der Waals surface area contributed by atoms with E-state index in [1.807, 2.05) is 25.9 Å². The molecule has 7 heteroatoms. The van der Waals surface area contributed by atoms with Crippen LogP contribution < -0.4 is 9.64 Å². The number of benzene rings is 1. The zero-order valence-electron chi connectivity index (χ0n) is 13.3. The summed E-state index contributed by atoms with van der Waals surface area (Å²) in [6.07, 6.45) is 1.01. The quantitative estimate of drug-likeness (QED) is 0.630. The Labute approximate surface area is 129 Å². The Morgan fingerprint density at radius 3 is 2.64 bits per heavy atom. The van der Waals surface area contributed by atoms with Gasteiger partial charge in [-0.15, -0.1) is 0 Å². The second-order valence-corrected chi connectivity index (χ2v) is 5.46. The average molecular weight is 307 g/mol. The Morgan fingerprint density at radius 1 is 1.45 bits per heavy atom. The summed E-state index contributed by atoms with van der Waals surface area (Å²) in [5, 5.41) is 11.3. The molecule has 0 aliphatic carbocycles. The summed E-state index contributed by atoms with van der Waals surface area (Å²) < 4.78 is 5.36. The molecule has 2 rings (SSSR count). The standard InChI is InChI=1S/C15H21N3O4/c1-5-17-11-6-7-12(18(20)21)15(22-4)14(11)10(16(2)3)8-9-13(17)19/h6-7,10H,5,8-9H2,1-4H3. The zero-order valence-corrected chi connectivity index (χ0v) is 13.3. The fourth-order valence-electron chi connectivity index (χ4n) is 3.03. The molecule has 0 radical (unpaired) electrons. The van der Waals surface area contributed by atoms with Crippen LogP contribution in [0, 0.1) is 10.1 Å². The van der Waals surface area contributed by atoms with Gasteiger partial charge < -0.3 is 14.5 Å². The Hall–Kier alpha value is -2.15. The molecule has 1 aromatic rings. The van der Waals surface area contributed by atoms with E-state index in [1.165, 1.54) is 13.2 Å². The minimum Gasteiger partial charge on any atom is -0.490 e. The molecule has 1 amide bonds. The molecule has 1 heterocycles. The molecule has 0 spiro atoms. The van der Waals surface area contributed by atoms with Crippen LogP contribution >= 0.6 is 0 Å². The van der Waals surface area contributed by atoms with Crippen LogP contribution in [-0.2, 0) is 4.79 Å². The molecular formula is C15H21N3O4. The molecule has 1 atom stereocenters. The third-order valence-corrected chi connectivity index (χ3v) is 4.05. The smallest absolute Gasteiger partial charge is 0.311 e. The summed E-state index contributed by atoms with van der Waals surface area (Å²) in [7, 11) is 5.23. The van der Waals surface area contributed by atoms with Gasteiger partial charge in [-0.2, -0.15) is 0 Å². The van der Waals surface area contributed by atoms with Crippen molar-refractivity contribution in [3.05, 3.63) is 27.8 Å². The van der Waals surface area contributed by atoms with E-state index in [0.29, 0.717) is 25.1 Å². The van der Waals surface area contributed by atoms with Crippen LogP contribution in [0.2, 0.25) is 0 Å². The molecule has 1 aliphatic heterocycles. The van der Waals surface area contributed by atoms with E-state index in [4.69, 9.17) is 4.74 Å². The van der Waals surface area contributed by atoms with E-state index in [9.17, 15) is 14.9 Å². The van der Waals surface area contributed by atoms with Crippen molar-refractivity contribution in [1.82, 2.24) is 4.90 Å². The molecular weight excluding hydrogens is 286 g/mol. The Balaban J connectivity index is 2.76. The second-order valence-electron chi connectivity index (χ2n) is 5.46. The van der Waals surface area contributed by atoms with Gasteiger partial charge in [-0.3, -0.25) is 14.9 Å². The number of methoxy groups -OCH3 is 1. The zero-order chi connectivity index (χ0) is 16.4. The Kier molecular flexibility index (Phi) is 4.65. The molecule has 1 aliphatic rings. The number of anilines is 1. The van der Waals surface area contributed by atoms with Gasteiger partial charge in [0.2, 0.25) is 11.7 Å². The molecule has 120 valence electrons. The molecule has 1 aromatic carbocycles. The monoisotopic (exact) mass is 307 g/mol. The third kappa shape index (κ3) is 2.64. The maximum atomic E-state index is 12.3. The summed E-state index contributed by atoms with van der Waals surface area (Å²) in [4.78, 5) is 26.8. The lowest BCUT2D eigenvalue weighted by atomic mass is 9.98. The molecule has 0 bridgehead atoms. The van der Waals surface area contributed by atoms with Crippen molar-refractivity contribution in [2.24, 2.45) is 0 Å². The van der Waals surface area contributed by atoms with E-state index in [0.717, 1.165) is 5.56 Å². The molecule has 7 nitrogen and oxygen atoms in total. The average Bonchev–Trinajstić information content (AvgIpc) is 2.61. The number of rotatable bonds is 4. The van der Waals surface area contributed by atoms with Crippen LogP contribution in [0.1, 0.15) is 31.4 Å². The maximum absolute atomic E-state index is 12.3. The number of fused-ring (bicyclic) bond motifs is 1. The summed E-state index contributed by atoms with van der Waals surface area (Å²) in [6, 6.07) is 2.95. The number of hydrogen-bond donors (Lipinski definition) is 0. The first kappa shape index (κ1) is 16.2. The van der Waals surface area contributed by atoms with Crippen LogP contribution in [0.25, 0.3) is 0 Å². The number of nitro benzene ring substituents is 1. The number of carbonyl (C=O) groups is 1. The van der Waals surface area contributed by atoms with Gasteiger partial charge >= 0.3 is 5.69 Å². The number of carbonyl (C=O) groups excluding carboxylic acids is 1. The number of nitrogens with zero attached hydrogens (tertiary/aromatic N) is 3. The largest absolute Gasteiger partial charge is 0.490 e. The first-order valence-corrected chi connectivity index (χ1v) is 7.24. The summed E-state index contributed by atoms with van der Waals surface area (Å²) >= 11 is 0. The minimum absolute atomic E-state index is 0.0315. The van der Waals surface area contributed by atoms with Crippen LogP contribution in [0.5, 0.6) is 5.75 Å². The highest BCUT2D eigenvalue weighted by molar-refractivity contribution is 5.96. The van der Waals surface area contributed by atoms with E-state index in [2.05, 4.69) is 0 Å². The van der Waals surface area contributed by atoms with Crippen LogP contribution in [0.15, 0.2) is 12.1 Å². The van der Waals surface area contributed by atoms with Crippen molar-refractivity contribution >= 4 is 17.3 Å². The fourth-order valence-corrected chi connectivity index (χ4v) is 3.03. The van der Waals surface area contributed by atoms with E-state index in [-0.39, 0.29) is 23.4 Å². The molecule has 0 N–H and O–H groups in total. The second kappa shape index (κ2) is 6.31. The number of nitro groups is 1. The van der Waals surface area contributed by atoms with Gasteiger partial charge in [0.25, 0.3) is 0 Å². The first-order chi connectivity index (χ1) is 10.4. The number of amides is 1. The van der Waals surface area contributed by atoms with Gasteiger partial charge in [-0.1, -0.05) is 0 Å². The summed E-state index contributed by atoms with van der Waals surface area (Å²) in [6.45, 7) is 2.42. The topological polar surface area (TPSA) is 75.9 Å². The van der Waals surface area contributed by atoms with Gasteiger partial charge in [0.1, 0.15) is 0 Å². The Morgan fingerprint density at radius 2 is 2.14 bits per heavy atom. The first-order valence-electron chi connectivity index (χ1n) is 7.24. The summed E-state index contributed by atoms with van der Waals surface area (Å²) in [5.74, 6) is 0.276. The highest BCUT2D eigenvalue weighted by Crippen LogP contribution is 2.45. The molecule has 0 saturated heterocycles. The van der Waals surface area contributed by atoms with E-state index in [1.54, 1.807) is 11.0 Å². The Bertz CT molecular complexity index is 601. The van der Waals surface area contributed by atoms with Gasteiger partial charge in [0, 0.05) is 30.6 Å². The van der Waals surface area contributed by atoms with Crippen LogP contribution in [0.4, 0.5) is 11.4 Å². The minimum atomic E-state index is -0.450. The van der Waals surface area contributed by atoms with E-state index >= 15 is 0 Å².